The summed E-state index contributed by atoms with van der Waals surface area (Å²) in [6.45, 7) is 0.0493. The molecule has 0 aromatic carbocycles. The summed E-state index contributed by atoms with van der Waals surface area (Å²) in [5.74, 6) is 0.177. The van der Waals surface area contributed by atoms with E-state index in [9.17, 15) is 13.2 Å². The molecule has 1 fully saturated rings. The van der Waals surface area contributed by atoms with Crippen molar-refractivity contribution < 1.29 is 17.9 Å². The Labute approximate surface area is 79.6 Å². The van der Waals surface area contributed by atoms with E-state index >= 15 is 0 Å². The van der Waals surface area contributed by atoms with Gasteiger partial charge in [0.15, 0.2) is 0 Å². The first-order chi connectivity index (χ1) is 6.03. The Hall–Kier alpha value is 0. The first-order valence-electron chi connectivity index (χ1n) is 3.97. The van der Waals surface area contributed by atoms with E-state index in [4.69, 9.17) is 16.3 Å². The van der Waals surface area contributed by atoms with Gasteiger partial charge in [-0.2, -0.15) is 13.2 Å². The van der Waals surface area contributed by atoms with Gasteiger partial charge in [-0.1, -0.05) is 0 Å². The number of hydrogen-bond donors (Lipinski definition) is 0. The molecule has 0 amide bonds. The molecule has 1 aliphatic heterocycles. The Morgan fingerprint density at radius 1 is 1.46 bits per heavy atom. The van der Waals surface area contributed by atoms with Gasteiger partial charge in [-0.25, -0.2) is 0 Å². The van der Waals surface area contributed by atoms with Gasteiger partial charge in [-0.15, -0.1) is 11.6 Å². The van der Waals surface area contributed by atoms with Gasteiger partial charge >= 0.3 is 6.18 Å². The molecule has 0 aliphatic carbocycles. The van der Waals surface area contributed by atoms with Crippen molar-refractivity contribution in [3.63, 3.8) is 0 Å². The average Bonchev–Trinajstić information content (AvgIpc) is 2.02. The molecule has 0 N–H and O–H groups in total. The fourth-order valence-corrected chi connectivity index (χ4v) is 1.55. The van der Waals surface area contributed by atoms with Crippen LogP contribution >= 0.6 is 11.6 Å². The minimum atomic E-state index is -4.15. The topological polar surface area (TPSA) is 12.5 Å². The fraction of sp³-hybridized carbons (Fsp3) is 1.00. The van der Waals surface area contributed by atoms with Gasteiger partial charge in [-0.05, 0) is 0 Å². The Balaban J connectivity index is 2.45. The second-order valence-electron chi connectivity index (χ2n) is 2.97. The zero-order chi connectivity index (χ0) is 9.90. The van der Waals surface area contributed by atoms with E-state index in [0.29, 0.717) is 19.8 Å². The van der Waals surface area contributed by atoms with Crippen molar-refractivity contribution >= 4 is 11.6 Å². The maximum Gasteiger partial charge on any atom is 0.401 e. The van der Waals surface area contributed by atoms with Crippen LogP contribution in [0.1, 0.15) is 0 Å². The number of alkyl halides is 4. The lowest BCUT2D eigenvalue weighted by molar-refractivity contribution is -0.160. The Bertz CT molecular complexity index is 164. The third kappa shape index (κ3) is 3.70. The minimum Gasteiger partial charge on any atom is -0.378 e. The highest BCUT2D eigenvalue weighted by atomic mass is 35.5. The summed E-state index contributed by atoms with van der Waals surface area (Å²) in [6, 6.07) is -0.308. The third-order valence-corrected chi connectivity index (χ3v) is 2.27. The van der Waals surface area contributed by atoms with E-state index in [1.54, 1.807) is 0 Å². The molecular weight excluding hydrogens is 207 g/mol. The van der Waals surface area contributed by atoms with Gasteiger partial charge in [0.2, 0.25) is 0 Å². The molecule has 0 bridgehead atoms. The monoisotopic (exact) mass is 217 g/mol. The highest BCUT2D eigenvalue weighted by Crippen LogP contribution is 2.19. The normalized spacial score (nSPS) is 26.3. The molecule has 2 nitrogen and oxygen atoms in total. The predicted octanol–water partition coefficient (Wildman–Crippen LogP) is 1.49. The number of halogens is 4. The van der Waals surface area contributed by atoms with Crippen molar-refractivity contribution in [1.29, 1.82) is 0 Å². The number of ether oxygens (including phenoxy) is 1. The highest BCUT2D eigenvalue weighted by molar-refractivity contribution is 6.18. The molecule has 1 atom stereocenters. The van der Waals surface area contributed by atoms with Gasteiger partial charge in [0.1, 0.15) is 0 Å². The summed E-state index contributed by atoms with van der Waals surface area (Å²) in [4.78, 5) is 1.32. The summed E-state index contributed by atoms with van der Waals surface area (Å²) in [5.41, 5.74) is 0. The van der Waals surface area contributed by atoms with Crippen LogP contribution in [0, 0.1) is 0 Å². The number of hydrogen-bond acceptors (Lipinski definition) is 2. The number of nitrogens with zero attached hydrogens (tertiary/aromatic N) is 1. The van der Waals surface area contributed by atoms with Crippen molar-refractivity contribution in [1.82, 2.24) is 4.90 Å². The van der Waals surface area contributed by atoms with Gasteiger partial charge < -0.3 is 4.74 Å². The largest absolute Gasteiger partial charge is 0.401 e. The smallest absolute Gasteiger partial charge is 0.378 e. The lowest BCUT2D eigenvalue weighted by Crippen LogP contribution is -2.50. The summed E-state index contributed by atoms with van der Waals surface area (Å²) < 4.78 is 41.1. The lowest BCUT2D eigenvalue weighted by Gasteiger charge is -2.34. The molecule has 78 valence electrons. The molecule has 0 radical (unpaired) electrons. The molecule has 1 saturated heterocycles. The molecule has 1 heterocycles. The van der Waals surface area contributed by atoms with Crippen LogP contribution < -0.4 is 0 Å². The zero-order valence-electron chi connectivity index (χ0n) is 6.98. The van der Waals surface area contributed by atoms with Crippen molar-refractivity contribution in [3.05, 3.63) is 0 Å². The van der Waals surface area contributed by atoms with E-state index in [1.165, 1.54) is 4.90 Å². The van der Waals surface area contributed by atoms with Crippen LogP contribution in [0.25, 0.3) is 0 Å². The molecular formula is C7H11ClF3NO. The molecule has 0 saturated carbocycles. The van der Waals surface area contributed by atoms with Crippen LogP contribution in [-0.4, -0.2) is 49.3 Å². The summed E-state index contributed by atoms with van der Waals surface area (Å²) in [7, 11) is 0. The molecule has 0 aromatic heterocycles. The predicted molar refractivity (Wildman–Crippen MR) is 43.0 cm³/mol. The van der Waals surface area contributed by atoms with E-state index in [-0.39, 0.29) is 11.9 Å². The average molecular weight is 218 g/mol. The summed E-state index contributed by atoms with van der Waals surface area (Å²) in [6.07, 6.45) is -4.15. The molecule has 6 heteroatoms. The van der Waals surface area contributed by atoms with Gasteiger partial charge in [0.05, 0.1) is 19.8 Å². The maximum atomic E-state index is 12.0. The zero-order valence-corrected chi connectivity index (χ0v) is 7.74. The first kappa shape index (κ1) is 11.1. The number of rotatable bonds is 2. The summed E-state index contributed by atoms with van der Waals surface area (Å²) in [5, 5.41) is 0. The van der Waals surface area contributed by atoms with Gasteiger partial charge in [0, 0.05) is 18.5 Å². The van der Waals surface area contributed by atoms with Crippen LogP contribution in [0.15, 0.2) is 0 Å². The van der Waals surface area contributed by atoms with E-state index in [0.717, 1.165) is 0 Å². The van der Waals surface area contributed by atoms with Gasteiger partial charge in [-0.3, -0.25) is 4.90 Å². The number of morpholine rings is 1. The molecule has 13 heavy (non-hydrogen) atoms. The van der Waals surface area contributed by atoms with Crippen LogP contribution in [0.4, 0.5) is 13.2 Å². The quantitative estimate of drug-likeness (QED) is 0.650. The molecule has 1 rings (SSSR count). The highest BCUT2D eigenvalue weighted by Gasteiger charge is 2.34. The molecule has 0 spiro atoms. The Morgan fingerprint density at radius 3 is 2.69 bits per heavy atom. The first-order valence-corrected chi connectivity index (χ1v) is 4.51. The van der Waals surface area contributed by atoms with Crippen LogP contribution in [-0.2, 0) is 4.74 Å². The molecule has 1 aliphatic rings. The molecule has 0 aromatic rings. The minimum absolute atomic E-state index is 0.177. The second kappa shape index (κ2) is 4.48. The van der Waals surface area contributed by atoms with Gasteiger partial charge in [0.25, 0.3) is 0 Å². The standard InChI is InChI=1S/C7H11ClF3NO/c8-3-6-4-13-2-1-12(6)5-7(9,10)11/h6H,1-5H2. The van der Waals surface area contributed by atoms with E-state index < -0.39 is 12.7 Å². The fourth-order valence-electron chi connectivity index (χ4n) is 1.27. The molecule has 1 unspecified atom stereocenters. The maximum absolute atomic E-state index is 12.0. The van der Waals surface area contributed by atoms with Crippen molar-refractivity contribution in [2.75, 3.05) is 32.2 Å². The van der Waals surface area contributed by atoms with Crippen LogP contribution in [0.2, 0.25) is 0 Å². The van der Waals surface area contributed by atoms with Crippen molar-refractivity contribution in [2.45, 2.75) is 12.2 Å². The Kier molecular flexibility index (Phi) is 3.82. The Morgan fingerprint density at radius 2 is 2.15 bits per heavy atom. The summed E-state index contributed by atoms with van der Waals surface area (Å²) >= 11 is 5.51. The second-order valence-corrected chi connectivity index (χ2v) is 3.28. The van der Waals surface area contributed by atoms with Crippen molar-refractivity contribution in [2.24, 2.45) is 0 Å². The van der Waals surface area contributed by atoms with Crippen molar-refractivity contribution in [3.8, 4) is 0 Å². The van der Waals surface area contributed by atoms with Crippen LogP contribution in [0.5, 0.6) is 0 Å². The van der Waals surface area contributed by atoms with E-state index in [2.05, 4.69) is 0 Å². The lowest BCUT2D eigenvalue weighted by atomic mass is 10.2. The van der Waals surface area contributed by atoms with E-state index in [1.807, 2.05) is 0 Å². The SMILES string of the molecule is FC(F)(F)CN1CCOCC1CCl. The van der Waals surface area contributed by atoms with Crippen LogP contribution in [0.3, 0.4) is 0 Å². The third-order valence-electron chi connectivity index (χ3n) is 1.91.